The summed E-state index contributed by atoms with van der Waals surface area (Å²) < 4.78 is 26.3. The van der Waals surface area contributed by atoms with Crippen LogP contribution in [-0.4, -0.2) is 45.4 Å². The van der Waals surface area contributed by atoms with E-state index >= 15 is 0 Å². The van der Waals surface area contributed by atoms with Gasteiger partial charge in [-0.2, -0.15) is 12.7 Å². The number of nitrogens with one attached hydrogen (secondary N) is 2. The van der Waals surface area contributed by atoms with Crippen LogP contribution in [0.3, 0.4) is 0 Å². The summed E-state index contributed by atoms with van der Waals surface area (Å²) in [7, 11) is -1.78. The van der Waals surface area contributed by atoms with Gasteiger partial charge in [-0.3, -0.25) is 0 Å². The Hall–Kier alpha value is -0.170. The maximum atomic E-state index is 11.3. The molecule has 1 saturated heterocycles. The van der Waals surface area contributed by atoms with Crippen molar-refractivity contribution in [1.29, 1.82) is 0 Å². The third-order valence-corrected chi connectivity index (χ3v) is 3.46. The van der Waals surface area contributed by atoms with Crippen LogP contribution in [0.1, 0.15) is 6.92 Å². The topological polar surface area (TPSA) is 61.4 Å². The maximum Gasteiger partial charge on any atom is 0.279 e. The largest absolute Gasteiger partial charge is 0.312 e. The Kier molecular flexibility index (Phi) is 3.05. The number of nitrogens with zero attached hydrogens (tertiary/aromatic N) is 1. The van der Waals surface area contributed by atoms with E-state index in [0.29, 0.717) is 13.1 Å². The van der Waals surface area contributed by atoms with Crippen LogP contribution in [0.25, 0.3) is 0 Å². The van der Waals surface area contributed by atoms with Crippen LogP contribution in [0.15, 0.2) is 0 Å². The van der Waals surface area contributed by atoms with Gasteiger partial charge in [0, 0.05) is 32.7 Å². The van der Waals surface area contributed by atoms with Crippen LogP contribution in [0.2, 0.25) is 0 Å². The molecule has 72 valence electrons. The lowest BCUT2D eigenvalue weighted by molar-refractivity contribution is 0.307. The molecule has 0 aromatic rings. The maximum absolute atomic E-state index is 11.3. The zero-order valence-electron chi connectivity index (χ0n) is 7.37. The minimum Gasteiger partial charge on any atom is -0.312 e. The van der Waals surface area contributed by atoms with Gasteiger partial charge in [0.05, 0.1) is 0 Å². The molecule has 5 nitrogen and oxygen atoms in total. The van der Waals surface area contributed by atoms with Gasteiger partial charge < -0.3 is 5.32 Å². The summed E-state index contributed by atoms with van der Waals surface area (Å²) in [6.45, 7) is 3.79. The van der Waals surface area contributed by atoms with Gasteiger partial charge in [-0.1, -0.05) is 0 Å². The molecule has 0 saturated carbocycles. The van der Waals surface area contributed by atoms with Gasteiger partial charge in [-0.15, -0.1) is 0 Å². The fourth-order valence-electron chi connectivity index (χ4n) is 1.24. The highest BCUT2D eigenvalue weighted by Crippen LogP contribution is 2.02. The third-order valence-electron chi connectivity index (χ3n) is 1.93. The summed E-state index contributed by atoms with van der Waals surface area (Å²) in [5, 5.41) is 3.17. The summed E-state index contributed by atoms with van der Waals surface area (Å²) in [6.07, 6.45) is 0. The normalized spacial score (nSPS) is 27.3. The predicted octanol–water partition coefficient (Wildman–Crippen LogP) is -1.26. The molecular formula is C6H15N3O2S. The van der Waals surface area contributed by atoms with Crippen LogP contribution in [0.5, 0.6) is 0 Å². The van der Waals surface area contributed by atoms with Crippen LogP contribution in [0, 0.1) is 0 Å². The number of hydrogen-bond donors (Lipinski definition) is 2. The molecule has 12 heavy (non-hydrogen) atoms. The molecule has 0 amide bonds. The molecule has 6 heteroatoms. The molecule has 0 spiro atoms. The predicted molar refractivity (Wildman–Crippen MR) is 47.0 cm³/mol. The van der Waals surface area contributed by atoms with Crippen molar-refractivity contribution in [1.82, 2.24) is 14.3 Å². The third kappa shape index (κ3) is 2.16. The van der Waals surface area contributed by atoms with Crippen LogP contribution in [0.4, 0.5) is 0 Å². The molecule has 1 fully saturated rings. The Balaban J connectivity index is 2.63. The van der Waals surface area contributed by atoms with E-state index in [4.69, 9.17) is 0 Å². The van der Waals surface area contributed by atoms with Crippen molar-refractivity contribution < 1.29 is 8.42 Å². The average Bonchev–Trinajstić information content (AvgIpc) is 2.05. The van der Waals surface area contributed by atoms with Crippen molar-refractivity contribution in [2.75, 3.05) is 26.7 Å². The molecule has 0 radical (unpaired) electrons. The minimum absolute atomic E-state index is 0.238. The molecular weight excluding hydrogens is 178 g/mol. The van der Waals surface area contributed by atoms with Crippen molar-refractivity contribution in [2.45, 2.75) is 13.0 Å². The Bertz CT molecular complexity index is 239. The summed E-state index contributed by atoms with van der Waals surface area (Å²) in [4.78, 5) is 0. The number of piperazine rings is 1. The Morgan fingerprint density at radius 1 is 1.58 bits per heavy atom. The van der Waals surface area contributed by atoms with E-state index in [1.54, 1.807) is 0 Å². The van der Waals surface area contributed by atoms with Gasteiger partial charge in [0.1, 0.15) is 0 Å². The molecule has 0 aromatic carbocycles. The Morgan fingerprint density at radius 2 is 2.25 bits per heavy atom. The van der Waals surface area contributed by atoms with E-state index in [2.05, 4.69) is 10.0 Å². The van der Waals surface area contributed by atoms with E-state index in [1.165, 1.54) is 11.4 Å². The van der Waals surface area contributed by atoms with Crippen LogP contribution in [-0.2, 0) is 10.2 Å². The van der Waals surface area contributed by atoms with Crippen LogP contribution < -0.4 is 10.0 Å². The van der Waals surface area contributed by atoms with Crippen molar-refractivity contribution in [2.24, 2.45) is 0 Å². The lowest BCUT2D eigenvalue weighted by atomic mass is 10.3. The first-order chi connectivity index (χ1) is 5.56. The fraction of sp³-hybridized carbons (Fsp3) is 1.00. The second kappa shape index (κ2) is 3.69. The van der Waals surface area contributed by atoms with Gasteiger partial charge >= 0.3 is 0 Å². The van der Waals surface area contributed by atoms with Gasteiger partial charge in [0.2, 0.25) is 0 Å². The standard InChI is InChI=1S/C6H15N3O2S/c1-6-5-9(4-3-8-6)12(10,11)7-2/h6-8H,3-5H2,1-2H3/t6-/m1/s1. The van der Waals surface area contributed by atoms with Crippen LogP contribution >= 0.6 is 0 Å². The molecule has 0 bridgehead atoms. The molecule has 1 aliphatic heterocycles. The first kappa shape index (κ1) is 9.91. The number of hydrogen-bond acceptors (Lipinski definition) is 3. The second-order valence-corrected chi connectivity index (χ2v) is 4.80. The summed E-state index contributed by atoms with van der Waals surface area (Å²) >= 11 is 0. The Morgan fingerprint density at radius 3 is 2.75 bits per heavy atom. The van der Waals surface area contributed by atoms with Crippen molar-refractivity contribution in [3.63, 3.8) is 0 Å². The molecule has 0 unspecified atom stereocenters. The smallest absolute Gasteiger partial charge is 0.279 e. The number of rotatable bonds is 2. The zero-order valence-corrected chi connectivity index (χ0v) is 8.19. The van der Waals surface area contributed by atoms with Gasteiger partial charge in [0.25, 0.3) is 10.2 Å². The highest BCUT2D eigenvalue weighted by Gasteiger charge is 2.24. The van der Waals surface area contributed by atoms with E-state index in [1.807, 2.05) is 6.92 Å². The molecule has 1 rings (SSSR count). The van der Waals surface area contributed by atoms with E-state index in [0.717, 1.165) is 6.54 Å². The van der Waals surface area contributed by atoms with Crippen molar-refractivity contribution in [3.05, 3.63) is 0 Å². The van der Waals surface area contributed by atoms with Crippen molar-refractivity contribution >= 4 is 10.2 Å². The molecule has 0 aliphatic carbocycles. The van der Waals surface area contributed by atoms with Gasteiger partial charge in [0.15, 0.2) is 0 Å². The fourth-order valence-corrected chi connectivity index (χ4v) is 2.25. The molecule has 1 atom stereocenters. The highest BCUT2D eigenvalue weighted by atomic mass is 32.2. The summed E-state index contributed by atoms with van der Waals surface area (Å²) in [6, 6.07) is 0.238. The minimum atomic E-state index is -3.21. The first-order valence-electron chi connectivity index (χ1n) is 3.98. The molecule has 2 N–H and O–H groups in total. The quantitative estimate of drug-likeness (QED) is 0.576. The lowest BCUT2D eigenvalue weighted by Gasteiger charge is -2.30. The second-order valence-electron chi connectivity index (χ2n) is 2.92. The van der Waals surface area contributed by atoms with E-state index < -0.39 is 10.2 Å². The monoisotopic (exact) mass is 193 g/mol. The van der Waals surface area contributed by atoms with E-state index in [-0.39, 0.29) is 6.04 Å². The molecule has 1 heterocycles. The van der Waals surface area contributed by atoms with Crippen molar-refractivity contribution in [3.8, 4) is 0 Å². The summed E-state index contributed by atoms with van der Waals surface area (Å²) in [5.41, 5.74) is 0. The lowest BCUT2D eigenvalue weighted by Crippen LogP contribution is -2.53. The average molecular weight is 193 g/mol. The zero-order chi connectivity index (χ0) is 9.19. The highest BCUT2D eigenvalue weighted by molar-refractivity contribution is 7.87. The molecule has 0 aromatic heterocycles. The SMILES string of the molecule is CNS(=O)(=O)N1CCN[C@H](C)C1. The Labute approximate surface area is 73.3 Å². The van der Waals surface area contributed by atoms with Gasteiger partial charge in [-0.25, -0.2) is 4.72 Å². The first-order valence-corrected chi connectivity index (χ1v) is 5.42. The summed E-state index contributed by atoms with van der Waals surface area (Å²) in [5.74, 6) is 0. The molecule has 1 aliphatic rings. The van der Waals surface area contributed by atoms with Gasteiger partial charge in [-0.05, 0) is 6.92 Å². The van der Waals surface area contributed by atoms with E-state index in [9.17, 15) is 8.42 Å².